The van der Waals surface area contributed by atoms with Crippen LogP contribution in [0.15, 0.2) is 36.9 Å². The third-order valence-corrected chi connectivity index (χ3v) is 4.15. The zero-order valence-corrected chi connectivity index (χ0v) is 13.3. The molecule has 23 heavy (non-hydrogen) atoms. The fourth-order valence-electron chi connectivity index (χ4n) is 2.86. The Bertz CT molecular complexity index is 602. The first-order valence-corrected chi connectivity index (χ1v) is 8.23. The summed E-state index contributed by atoms with van der Waals surface area (Å²) in [6.45, 7) is 3.80. The summed E-state index contributed by atoms with van der Waals surface area (Å²) in [4.78, 5) is 18.3. The molecule has 0 atom stereocenters. The van der Waals surface area contributed by atoms with E-state index < -0.39 is 0 Å². The van der Waals surface area contributed by atoms with Gasteiger partial charge in [-0.1, -0.05) is 18.6 Å². The van der Waals surface area contributed by atoms with Gasteiger partial charge in [0.2, 0.25) is 5.91 Å². The fraction of sp³-hybridized carbons (Fsp3) is 0.471. The van der Waals surface area contributed by atoms with Gasteiger partial charge in [-0.3, -0.25) is 4.79 Å². The van der Waals surface area contributed by atoms with E-state index in [2.05, 4.69) is 20.3 Å². The maximum Gasteiger partial charge on any atom is 0.225 e. The summed E-state index contributed by atoms with van der Waals surface area (Å²) < 4.78 is 1.77. The average molecular weight is 313 g/mol. The molecule has 3 rings (SSSR count). The van der Waals surface area contributed by atoms with Crippen molar-refractivity contribution in [2.24, 2.45) is 0 Å². The van der Waals surface area contributed by atoms with Crippen LogP contribution in [0.5, 0.6) is 0 Å². The van der Waals surface area contributed by atoms with Gasteiger partial charge in [0, 0.05) is 18.7 Å². The first-order chi connectivity index (χ1) is 11.3. The molecule has 0 saturated carbocycles. The highest BCUT2D eigenvalue weighted by Crippen LogP contribution is 2.12. The number of nitrogens with zero attached hydrogens (tertiary/aromatic N) is 4. The lowest BCUT2D eigenvalue weighted by Crippen LogP contribution is -2.32. The van der Waals surface area contributed by atoms with Crippen molar-refractivity contribution < 1.29 is 4.79 Å². The van der Waals surface area contributed by atoms with E-state index in [4.69, 9.17) is 0 Å². The van der Waals surface area contributed by atoms with E-state index in [1.54, 1.807) is 11.0 Å². The van der Waals surface area contributed by atoms with Crippen LogP contribution in [-0.2, 0) is 11.3 Å². The monoisotopic (exact) mass is 313 g/mol. The average Bonchev–Trinajstić information content (AvgIpc) is 3.09. The lowest BCUT2D eigenvalue weighted by Gasteiger charge is -2.25. The fourth-order valence-corrected chi connectivity index (χ4v) is 2.86. The Morgan fingerprint density at radius 3 is 2.61 bits per heavy atom. The van der Waals surface area contributed by atoms with Crippen LogP contribution in [0.1, 0.15) is 31.2 Å². The molecule has 1 aliphatic heterocycles. The molecule has 1 aromatic carbocycles. The second kappa shape index (κ2) is 7.87. The quantitative estimate of drug-likeness (QED) is 0.887. The Balaban J connectivity index is 1.44. The Hall–Kier alpha value is -2.21. The molecule has 6 heteroatoms. The minimum Gasteiger partial charge on any atom is -0.326 e. The number of hydrogen-bond acceptors (Lipinski definition) is 4. The number of likely N-dealkylation sites (tertiary alicyclic amines) is 1. The maximum absolute atomic E-state index is 12.0. The zero-order chi connectivity index (χ0) is 15.9. The molecule has 1 aliphatic rings. The van der Waals surface area contributed by atoms with E-state index >= 15 is 0 Å². The topological polar surface area (TPSA) is 63.1 Å². The van der Waals surface area contributed by atoms with Gasteiger partial charge in [-0.25, -0.2) is 9.67 Å². The lowest BCUT2D eigenvalue weighted by molar-refractivity contribution is -0.116. The first-order valence-electron chi connectivity index (χ1n) is 8.23. The molecule has 0 radical (unpaired) electrons. The van der Waals surface area contributed by atoms with E-state index in [1.165, 1.54) is 25.6 Å². The molecule has 0 spiro atoms. The van der Waals surface area contributed by atoms with E-state index in [1.807, 2.05) is 24.3 Å². The number of aromatic nitrogens is 3. The number of piperidine rings is 1. The van der Waals surface area contributed by atoms with Crippen molar-refractivity contribution in [2.45, 2.75) is 32.2 Å². The van der Waals surface area contributed by atoms with Crippen molar-refractivity contribution in [1.29, 1.82) is 0 Å². The van der Waals surface area contributed by atoms with Gasteiger partial charge in [0.05, 0.1) is 6.54 Å². The lowest BCUT2D eigenvalue weighted by atomic mass is 10.1. The molecule has 2 heterocycles. The number of carbonyl (C=O) groups excluding carboxylic acids is 1. The number of carbonyl (C=O) groups is 1. The number of hydrogen-bond donors (Lipinski definition) is 1. The van der Waals surface area contributed by atoms with Crippen molar-refractivity contribution in [3.63, 3.8) is 0 Å². The minimum atomic E-state index is 0.0830. The van der Waals surface area contributed by atoms with E-state index in [0.717, 1.165) is 30.9 Å². The second-order valence-electron chi connectivity index (χ2n) is 5.99. The van der Waals surface area contributed by atoms with Gasteiger partial charge in [-0.05, 0) is 43.6 Å². The summed E-state index contributed by atoms with van der Waals surface area (Å²) in [7, 11) is 0. The number of anilines is 1. The molecule has 122 valence electrons. The van der Waals surface area contributed by atoms with E-state index in [0.29, 0.717) is 13.0 Å². The van der Waals surface area contributed by atoms with Gasteiger partial charge in [0.1, 0.15) is 12.7 Å². The molecule has 0 unspecified atom stereocenters. The molecule has 1 saturated heterocycles. The summed E-state index contributed by atoms with van der Waals surface area (Å²) in [5.74, 6) is 0.0830. The number of benzene rings is 1. The smallest absolute Gasteiger partial charge is 0.225 e. The Labute approximate surface area is 136 Å². The van der Waals surface area contributed by atoms with Crippen LogP contribution >= 0.6 is 0 Å². The molecule has 1 N–H and O–H groups in total. The molecule has 6 nitrogen and oxygen atoms in total. The maximum atomic E-state index is 12.0. The van der Waals surface area contributed by atoms with Crippen LogP contribution in [0.4, 0.5) is 5.69 Å². The molecule has 0 bridgehead atoms. The summed E-state index contributed by atoms with van der Waals surface area (Å²) in [6, 6.07) is 7.87. The number of rotatable bonds is 6. The zero-order valence-electron chi connectivity index (χ0n) is 13.3. The molecule has 1 amide bonds. The summed E-state index contributed by atoms with van der Waals surface area (Å²) in [6.07, 6.45) is 7.61. The first kappa shape index (κ1) is 15.7. The molecule has 1 aromatic heterocycles. The highest BCUT2D eigenvalue weighted by atomic mass is 16.1. The Morgan fingerprint density at radius 2 is 1.91 bits per heavy atom. The van der Waals surface area contributed by atoms with Crippen LogP contribution in [-0.4, -0.2) is 45.2 Å². The van der Waals surface area contributed by atoms with E-state index in [-0.39, 0.29) is 5.91 Å². The molecular weight excluding hydrogens is 290 g/mol. The Morgan fingerprint density at radius 1 is 1.13 bits per heavy atom. The molecule has 0 aliphatic carbocycles. The third-order valence-electron chi connectivity index (χ3n) is 4.15. The van der Waals surface area contributed by atoms with Crippen LogP contribution in [0, 0.1) is 0 Å². The van der Waals surface area contributed by atoms with Gasteiger partial charge >= 0.3 is 0 Å². The van der Waals surface area contributed by atoms with Crippen molar-refractivity contribution in [1.82, 2.24) is 19.7 Å². The van der Waals surface area contributed by atoms with Crippen molar-refractivity contribution in [3.8, 4) is 0 Å². The van der Waals surface area contributed by atoms with Gasteiger partial charge in [-0.15, -0.1) is 0 Å². The third kappa shape index (κ3) is 4.89. The van der Waals surface area contributed by atoms with Crippen LogP contribution in [0.25, 0.3) is 0 Å². The van der Waals surface area contributed by atoms with Gasteiger partial charge in [0.25, 0.3) is 0 Å². The second-order valence-corrected chi connectivity index (χ2v) is 5.99. The summed E-state index contributed by atoms with van der Waals surface area (Å²) >= 11 is 0. The van der Waals surface area contributed by atoms with Crippen LogP contribution in [0.3, 0.4) is 0 Å². The molecular formula is C17H23N5O. The minimum absolute atomic E-state index is 0.0830. The predicted octanol–water partition coefficient (Wildman–Crippen LogP) is 2.14. The standard InChI is InChI=1S/C17H23N5O/c23-17(8-11-21-9-2-1-3-10-21)20-16-6-4-15(5-7-16)12-22-14-18-13-19-22/h4-7,13-14H,1-3,8-12H2,(H,20,23). The summed E-state index contributed by atoms with van der Waals surface area (Å²) in [5, 5.41) is 7.05. The van der Waals surface area contributed by atoms with Gasteiger partial charge < -0.3 is 10.2 Å². The largest absolute Gasteiger partial charge is 0.326 e. The number of nitrogens with one attached hydrogen (secondary N) is 1. The number of amides is 1. The highest BCUT2D eigenvalue weighted by Gasteiger charge is 2.11. The SMILES string of the molecule is O=C(CCN1CCCCC1)Nc1ccc(Cn2cncn2)cc1. The van der Waals surface area contributed by atoms with Crippen molar-refractivity contribution in [2.75, 3.05) is 25.0 Å². The Kier molecular flexibility index (Phi) is 5.37. The van der Waals surface area contributed by atoms with E-state index in [9.17, 15) is 4.79 Å². The van der Waals surface area contributed by atoms with Crippen molar-refractivity contribution in [3.05, 3.63) is 42.5 Å². The highest BCUT2D eigenvalue weighted by molar-refractivity contribution is 5.90. The molecule has 1 fully saturated rings. The predicted molar refractivity (Wildman–Crippen MR) is 89.1 cm³/mol. The summed E-state index contributed by atoms with van der Waals surface area (Å²) in [5.41, 5.74) is 1.97. The molecule has 2 aromatic rings. The van der Waals surface area contributed by atoms with Crippen LogP contribution < -0.4 is 5.32 Å². The normalized spacial score (nSPS) is 15.5. The van der Waals surface area contributed by atoms with Gasteiger partial charge in [0.15, 0.2) is 0 Å². The van der Waals surface area contributed by atoms with Crippen LogP contribution in [0.2, 0.25) is 0 Å². The van der Waals surface area contributed by atoms with Crippen molar-refractivity contribution >= 4 is 11.6 Å². The van der Waals surface area contributed by atoms with Gasteiger partial charge in [-0.2, -0.15) is 5.10 Å².